The third-order valence-corrected chi connectivity index (χ3v) is 2.59. The molecule has 2 N–H and O–H groups in total. The summed E-state index contributed by atoms with van der Waals surface area (Å²) in [6.45, 7) is 2.16. The van der Waals surface area contributed by atoms with Crippen molar-refractivity contribution < 1.29 is 2.74 Å². The van der Waals surface area contributed by atoms with E-state index >= 15 is 0 Å². The minimum atomic E-state index is 0.218. The average molecular weight is 213 g/mol. The lowest BCUT2D eigenvalue weighted by atomic mass is 10.0. The monoisotopic (exact) mass is 213 g/mol. The molecule has 0 atom stereocenters. The van der Waals surface area contributed by atoms with Gasteiger partial charge in [-0.15, -0.1) is 0 Å². The Balaban J connectivity index is 2.36. The molecule has 0 amide bonds. The first-order valence-electron chi connectivity index (χ1n) is 6.58. The van der Waals surface area contributed by atoms with E-state index < -0.39 is 0 Å². The SMILES string of the molecule is [2H]c1cc(-c2ccc(CCC)cc2)cc([2H])c1N. The van der Waals surface area contributed by atoms with Gasteiger partial charge in [0.25, 0.3) is 0 Å². The summed E-state index contributed by atoms with van der Waals surface area (Å²) in [4.78, 5) is 0. The molecule has 0 saturated carbocycles. The molecule has 2 rings (SSSR count). The van der Waals surface area contributed by atoms with Crippen LogP contribution in [-0.4, -0.2) is 0 Å². The topological polar surface area (TPSA) is 26.0 Å². The second-order valence-corrected chi connectivity index (χ2v) is 3.89. The van der Waals surface area contributed by atoms with Crippen LogP contribution in [0, 0.1) is 0 Å². The highest BCUT2D eigenvalue weighted by Crippen LogP contribution is 2.21. The molecule has 2 aromatic carbocycles. The van der Waals surface area contributed by atoms with Crippen molar-refractivity contribution >= 4 is 5.69 Å². The van der Waals surface area contributed by atoms with Crippen LogP contribution in [0.2, 0.25) is 0 Å². The van der Waals surface area contributed by atoms with Crippen molar-refractivity contribution in [1.82, 2.24) is 0 Å². The lowest BCUT2D eigenvalue weighted by molar-refractivity contribution is 0.922. The molecule has 0 aliphatic rings. The van der Waals surface area contributed by atoms with Gasteiger partial charge in [0, 0.05) is 5.69 Å². The lowest BCUT2D eigenvalue weighted by Gasteiger charge is -2.04. The van der Waals surface area contributed by atoms with Crippen molar-refractivity contribution in [3.63, 3.8) is 0 Å². The number of rotatable bonds is 3. The minimum absolute atomic E-state index is 0.218. The van der Waals surface area contributed by atoms with Gasteiger partial charge in [0.05, 0.1) is 2.74 Å². The molecular weight excluding hydrogens is 194 g/mol. The van der Waals surface area contributed by atoms with E-state index in [1.165, 1.54) is 5.56 Å². The van der Waals surface area contributed by atoms with Crippen molar-refractivity contribution in [2.75, 3.05) is 5.73 Å². The zero-order valence-electron chi connectivity index (χ0n) is 11.5. The van der Waals surface area contributed by atoms with Crippen LogP contribution >= 0.6 is 0 Å². The average Bonchev–Trinajstić information content (AvgIpc) is 2.37. The maximum absolute atomic E-state index is 7.71. The molecule has 0 unspecified atom stereocenters. The highest BCUT2D eigenvalue weighted by Gasteiger charge is 1.97. The number of benzene rings is 2. The molecule has 0 aliphatic heterocycles. The number of aryl methyl sites for hydroxylation is 1. The van der Waals surface area contributed by atoms with Crippen molar-refractivity contribution in [2.45, 2.75) is 19.8 Å². The van der Waals surface area contributed by atoms with Gasteiger partial charge in [-0.1, -0.05) is 49.7 Å². The van der Waals surface area contributed by atoms with Crippen LogP contribution in [-0.2, 0) is 6.42 Å². The highest BCUT2D eigenvalue weighted by molar-refractivity contribution is 5.65. The van der Waals surface area contributed by atoms with Crippen LogP contribution < -0.4 is 5.73 Å². The normalized spacial score (nSPS) is 12.1. The molecule has 0 bridgehead atoms. The molecule has 1 nitrogen and oxygen atoms in total. The van der Waals surface area contributed by atoms with Crippen LogP contribution in [0.1, 0.15) is 21.6 Å². The second kappa shape index (κ2) is 4.84. The fourth-order valence-corrected chi connectivity index (χ4v) is 1.71. The van der Waals surface area contributed by atoms with Crippen molar-refractivity contribution in [1.29, 1.82) is 0 Å². The second-order valence-electron chi connectivity index (χ2n) is 3.89. The number of nitrogen functional groups attached to an aromatic ring is 1. The van der Waals surface area contributed by atoms with E-state index in [-0.39, 0.29) is 17.8 Å². The summed E-state index contributed by atoms with van der Waals surface area (Å²) in [6, 6.07) is 12.1. The van der Waals surface area contributed by atoms with Crippen LogP contribution in [0.15, 0.2) is 48.5 Å². The lowest BCUT2D eigenvalue weighted by Crippen LogP contribution is -1.85. The molecule has 0 saturated heterocycles. The zero-order valence-corrected chi connectivity index (χ0v) is 9.46. The number of nitrogens with two attached hydrogens (primary N) is 1. The van der Waals surface area contributed by atoms with Crippen molar-refractivity contribution in [2.24, 2.45) is 0 Å². The summed E-state index contributed by atoms with van der Waals surface area (Å²) in [5.74, 6) is 0. The van der Waals surface area contributed by atoms with Crippen LogP contribution in [0.3, 0.4) is 0 Å². The van der Waals surface area contributed by atoms with E-state index in [0.717, 1.165) is 24.0 Å². The van der Waals surface area contributed by atoms with Gasteiger partial charge in [0.2, 0.25) is 0 Å². The fourth-order valence-electron chi connectivity index (χ4n) is 1.71. The van der Waals surface area contributed by atoms with E-state index in [9.17, 15) is 0 Å². The predicted octanol–water partition coefficient (Wildman–Crippen LogP) is 3.89. The highest BCUT2D eigenvalue weighted by atomic mass is 14.5. The molecular formula is C15H17N. The van der Waals surface area contributed by atoms with Gasteiger partial charge in [-0.25, -0.2) is 0 Å². The van der Waals surface area contributed by atoms with E-state index in [2.05, 4.69) is 19.1 Å². The molecule has 0 aliphatic carbocycles. The van der Waals surface area contributed by atoms with E-state index in [4.69, 9.17) is 8.48 Å². The number of hydrogen-bond acceptors (Lipinski definition) is 1. The Bertz CT molecular complexity index is 524. The molecule has 1 heteroatoms. The zero-order chi connectivity index (χ0) is 13.1. The smallest absolute Gasteiger partial charge is 0.0645 e. The Labute approximate surface area is 99.7 Å². The van der Waals surface area contributed by atoms with Crippen molar-refractivity contribution in [3.8, 4) is 11.1 Å². The van der Waals surface area contributed by atoms with Crippen LogP contribution in [0.4, 0.5) is 5.69 Å². The van der Waals surface area contributed by atoms with Crippen LogP contribution in [0.25, 0.3) is 11.1 Å². The van der Waals surface area contributed by atoms with Gasteiger partial charge >= 0.3 is 0 Å². The van der Waals surface area contributed by atoms with E-state index in [1.54, 1.807) is 12.1 Å². The van der Waals surface area contributed by atoms with Gasteiger partial charge in [-0.05, 0) is 35.2 Å². The van der Waals surface area contributed by atoms with E-state index in [1.807, 2.05) is 12.1 Å². The van der Waals surface area contributed by atoms with Gasteiger partial charge in [0.15, 0.2) is 0 Å². The first-order valence-corrected chi connectivity index (χ1v) is 5.58. The molecule has 0 radical (unpaired) electrons. The molecule has 0 heterocycles. The Morgan fingerprint density at radius 1 is 1.00 bits per heavy atom. The number of hydrogen-bond donors (Lipinski definition) is 1. The standard InChI is InChI=1S/C15H17N/c1-2-3-12-4-6-13(7-5-12)14-8-10-15(16)11-9-14/h4-11H,2-3,16H2,1H3/i10D,11D. The third-order valence-electron chi connectivity index (χ3n) is 2.59. The summed E-state index contributed by atoms with van der Waals surface area (Å²) >= 11 is 0. The third kappa shape index (κ3) is 2.43. The summed E-state index contributed by atoms with van der Waals surface area (Å²) in [5.41, 5.74) is 9.07. The van der Waals surface area contributed by atoms with Gasteiger partial charge in [-0.3, -0.25) is 0 Å². The maximum Gasteiger partial charge on any atom is 0.0645 e. The fraction of sp³-hybridized carbons (Fsp3) is 0.200. The molecule has 0 spiro atoms. The van der Waals surface area contributed by atoms with Gasteiger partial charge < -0.3 is 5.73 Å². The predicted molar refractivity (Wildman–Crippen MR) is 70.3 cm³/mol. The summed E-state index contributed by atoms with van der Waals surface area (Å²) in [5, 5.41) is 0. The summed E-state index contributed by atoms with van der Waals surface area (Å²) in [7, 11) is 0. The van der Waals surface area contributed by atoms with Crippen LogP contribution in [0.5, 0.6) is 0 Å². The Kier molecular flexibility index (Phi) is 2.54. The molecule has 0 fully saturated rings. The first kappa shape index (κ1) is 8.40. The number of anilines is 1. The quantitative estimate of drug-likeness (QED) is 0.769. The van der Waals surface area contributed by atoms with E-state index in [0.29, 0.717) is 0 Å². The first-order chi connectivity index (χ1) is 8.61. The largest absolute Gasteiger partial charge is 0.399 e. The summed E-state index contributed by atoms with van der Waals surface area (Å²) in [6.07, 6.45) is 2.21. The molecule has 16 heavy (non-hydrogen) atoms. The summed E-state index contributed by atoms with van der Waals surface area (Å²) < 4.78 is 15.4. The Morgan fingerprint density at radius 3 is 2.12 bits per heavy atom. The molecule has 82 valence electrons. The maximum atomic E-state index is 7.71. The molecule has 2 aromatic rings. The Hall–Kier alpha value is -1.76. The van der Waals surface area contributed by atoms with Crippen molar-refractivity contribution in [3.05, 3.63) is 54.0 Å². The Morgan fingerprint density at radius 2 is 1.56 bits per heavy atom. The molecule has 0 aromatic heterocycles. The minimum Gasteiger partial charge on any atom is -0.399 e. The van der Waals surface area contributed by atoms with Gasteiger partial charge in [0.1, 0.15) is 0 Å². The van der Waals surface area contributed by atoms with Gasteiger partial charge in [-0.2, -0.15) is 0 Å².